The Morgan fingerprint density at radius 1 is 1.00 bits per heavy atom. The molecule has 0 amide bonds. The van der Waals surface area contributed by atoms with Crippen LogP contribution in [0.2, 0.25) is 0 Å². The third-order valence-corrected chi connectivity index (χ3v) is 7.77. The summed E-state index contributed by atoms with van der Waals surface area (Å²) in [5, 5.41) is 0. The van der Waals surface area contributed by atoms with Crippen molar-refractivity contribution in [2.45, 2.75) is 6.42 Å². The maximum atomic E-state index is 4.93. The van der Waals surface area contributed by atoms with Gasteiger partial charge in [0.05, 0.1) is 0 Å². The topological polar surface area (TPSA) is 12.4 Å². The molecule has 0 atom stereocenters. The van der Waals surface area contributed by atoms with E-state index in [1.807, 2.05) is 0 Å². The zero-order valence-corrected chi connectivity index (χ0v) is 14.5. The molecular weight excluding hydrogens is 345 g/mol. The molecule has 2 heteroatoms. The van der Waals surface area contributed by atoms with Crippen molar-refractivity contribution < 1.29 is 23.2 Å². The van der Waals surface area contributed by atoms with E-state index in [0.29, 0.717) is 0 Å². The Kier molecular flexibility index (Phi) is 2.81. The summed E-state index contributed by atoms with van der Waals surface area (Å²) in [6.45, 7) is 0. The first-order valence-electron chi connectivity index (χ1n) is 7.56. The molecule has 1 heterocycles. The van der Waals surface area contributed by atoms with Crippen LogP contribution >= 0.6 is 0 Å². The number of hydrogen-bond donors (Lipinski definition) is 0. The molecule has 3 aliphatic rings. The van der Waals surface area contributed by atoms with Crippen molar-refractivity contribution in [3.8, 4) is 0 Å². The molecule has 0 radical (unpaired) electrons. The Labute approximate surface area is 141 Å². The van der Waals surface area contributed by atoms with Crippen LogP contribution in [0.25, 0.3) is 11.6 Å². The second-order valence-electron chi connectivity index (χ2n) is 5.75. The van der Waals surface area contributed by atoms with E-state index in [1.54, 1.807) is 6.55 Å². The SMILES string of the molecule is C1=CC[C]([Zr][c]2cccc3c2C2=Cc4ccccc4C2=N3)=C1. The standard InChI is InChI=1S/C15H8N.C5H5.Zr/c1-2-6-11-10(5-1)9-13-12-7-3-4-8-14(12)16-15(11)13;1-2-4-5-3-1;/h1-6,8-9H;1-3H,4H2;. The van der Waals surface area contributed by atoms with E-state index in [1.165, 1.54) is 33.7 Å². The number of allylic oxidation sites excluding steroid dienone is 5. The number of fused-ring (bicyclic) bond motifs is 5. The number of nitrogens with zero attached hydrogens (tertiary/aromatic N) is 1. The summed E-state index contributed by atoms with van der Waals surface area (Å²) in [6.07, 6.45) is 10.3. The van der Waals surface area contributed by atoms with Crippen molar-refractivity contribution in [3.63, 3.8) is 0 Å². The first-order chi connectivity index (χ1) is 10.9. The van der Waals surface area contributed by atoms with Gasteiger partial charge in [-0.3, -0.25) is 0 Å². The summed E-state index contributed by atoms with van der Waals surface area (Å²) in [7, 11) is 0. The monoisotopic (exact) mass is 357 g/mol. The van der Waals surface area contributed by atoms with Gasteiger partial charge < -0.3 is 0 Å². The van der Waals surface area contributed by atoms with Crippen LogP contribution in [0.3, 0.4) is 0 Å². The van der Waals surface area contributed by atoms with Crippen LogP contribution in [-0.2, 0) is 23.2 Å². The summed E-state index contributed by atoms with van der Waals surface area (Å²) < 4.78 is 3.22. The van der Waals surface area contributed by atoms with E-state index in [4.69, 9.17) is 4.99 Å². The Morgan fingerprint density at radius 2 is 1.95 bits per heavy atom. The Balaban J connectivity index is 1.63. The molecule has 5 rings (SSSR count). The van der Waals surface area contributed by atoms with Gasteiger partial charge in [0.15, 0.2) is 0 Å². The molecule has 2 aromatic carbocycles. The summed E-state index contributed by atoms with van der Waals surface area (Å²) >= 11 is -0.710. The van der Waals surface area contributed by atoms with Crippen molar-refractivity contribution in [1.82, 2.24) is 0 Å². The van der Waals surface area contributed by atoms with Gasteiger partial charge in [-0.2, -0.15) is 0 Å². The molecule has 22 heavy (non-hydrogen) atoms. The number of hydrogen-bond acceptors (Lipinski definition) is 1. The van der Waals surface area contributed by atoms with Gasteiger partial charge >= 0.3 is 142 Å². The summed E-state index contributed by atoms with van der Waals surface area (Å²) in [5.41, 5.74) is 7.69. The van der Waals surface area contributed by atoms with Crippen LogP contribution in [0, 0.1) is 0 Å². The molecule has 0 N–H and O–H groups in total. The summed E-state index contributed by atoms with van der Waals surface area (Å²) in [6, 6.07) is 15.3. The average Bonchev–Trinajstić information content (AvgIpc) is 3.22. The molecular formula is C20H13NZr. The molecule has 0 unspecified atom stereocenters. The van der Waals surface area contributed by atoms with Crippen LogP contribution in [0.4, 0.5) is 5.69 Å². The van der Waals surface area contributed by atoms with Crippen molar-refractivity contribution in [3.05, 3.63) is 80.7 Å². The van der Waals surface area contributed by atoms with E-state index in [2.05, 4.69) is 66.8 Å². The van der Waals surface area contributed by atoms with Crippen molar-refractivity contribution in [1.29, 1.82) is 0 Å². The number of rotatable bonds is 2. The average molecular weight is 359 g/mol. The van der Waals surface area contributed by atoms with Crippen LogP contribution < -0.4 is 3.27 Å². The molecule has 1 nitrogen and oxygen atoms in total. The van der Waals surface area contributed by atoms with E-state index < -0.39 is 23.2 Å². The first kappa shape index (κ1) is 12.7. The molecule has 0 saturated heterocycles. The third-order valence-electron chi connectivity index (χ3n) is 4.38. The summed E-state index contributed by atoms with van der Waals surface area (Å²) in [5.74, 6) is 0. The third kappa shape index (κ3) is 1.84. The molecule has 0 aromatic heterocycles. The molecule has 2 aliphatic carbocycles. The van der Waals surface area contributed by atoms with Crippen LogP contribution in [0.15, 0.2) is 69.0 Å². The van der Waals surface area contributed by atoms with Gasteiger partial charge in [0.25, 0.3) is 0 Å². The predicted molar refractivity (Wildman–Crippen MR) is 88.4 cm³/mol. The minimum absolute atomic E-state index is 0.710. The molecule has 0 saturated carbocycles. The predicted octanol–water partition coefficient (Wildman–Crippen LogP) is 4.23. The fourth-order valence-corrected chi connectivity index (χ4v) is 6.60. The minimum atomic E-state index is -0.710. The van der Waals surface area contributed by atoms with Gasteiger partial charge in [-0.15, -0.1) is 0 Å². The fraction of sp³-hybridized carbons (Fsp3) is 0.0500. The molecule has 1 aliphatic heterocycles. The van der Waals surface area contributed by atoms with E-state index in [-0.39, 0.29) is 0 Å². The zero-order chi connectivity index (χ0) is 14.5. The second-order valence-corrected chi connectivity index (χ2v) is 9.27. The zero-order valence-electron chi connectivity index (χ0n) is 12.0. The number of benzene rings is 2. The fourth-order valence-electron chi connectivity index (χ4n) is 3.37. The van der Waals surface area contributed by atoms with Gasteiger partial charge in [0.2, 0.25) is 0 Å². The van der Waals surface area contributed by atoms with Crippen LogP contribution in [-0.4, -0.2) is 5.71 Å². The molecule has 0 fully saturated rings. The molecule has 0 spiro atoms. The van der Waals surface area contributed by atoms with Crippen LogP contribution in [0.5, 0.6) is 0 Å². The van der Waals surface area contributed by atoms with Gasteiger partial charge in [-0.05, 0) is 0 Å². The van der Waals surface area contributed by atoms with Crippen molar-refractivity contribution in [2.75, 3.05) is 0 Å². The molecule has 0 bridgehead atoms. The van der Waals surface area contributed by atoms with Gasteiger partial charge in [0, 0.05) is 0 Å². The first-order valence-corrected chi connectivity index (χ1v) is 10.0. The Bertz CT molecular complexity index is 928. The van der Waals surface area contributed by atoms with E-state index >= 15 is 0 Å². The Morgan fingerprint density at radius 3 is 2.86 bits per heavy atom. The summed E-state index contributed by atoms with van der Waals surface area (Å²) in [4.78, 5) is 4.93. The quantitative estimate of drug-likeness (QED) is 0.762. The van der Waals surface area contributed by atoms with Crippen LogP contribution in [0.1, 0.15) is 23.1 Å². The van der Waals surface area contributed by atoms with E-state index in [0.717, 1.165) is 6.42 Å². The van der Waals surface area contributed by atoms with Crippen molar-refractivity contribution >= 4 is 26.3 Å². The number of aliphatic imine (C=N–C) groups is 1. The van der Waals surface area contributed by atoms with Gasteiger partial charge in [0.1, 0.15) is 0 Å². The van der Waals surface area contributed by atoms with E-state index in [9.17, 15) is 0 Å². The van der Waals surface area contributed by atoms with Gasteiger partial charge in [-0.25, -0.2) is 0 Å². The second kappa shape index (κ2) is 4.86. The Hall–Kier alpha value is -1.79. The normalized spacial score (nSPS) is 16.6. The van der Waals surface area contributed by atoms with Crippen molar-refractivity contribution in [2.24, 2.45) is 4.99 Å². The van der Waals surface area contributed by atoms with Gasteiger partial charge in [-0.1, -0.05) is 0 Å². The maximum absolute atomic E-state index is 4.93. The molecule has 102 valence electrons. The molecule has 2 aromatic rings.